The Labute approximate surface area is 129 Å². The Hall–Kier alpha value is -0.860. The van der Waals surface area contributed by atoms with Gasteiger partial charge in [0.1, 0.15) is 0 Å². The number of hydrogen-bond acceptors (Lipinski definition) is 2. The first-order chi connectivity index (χ1) is 10.3. The van der Waals surface area contributed by atoms with Crippen LogP contribution >= 0.6 is 0 Å². The summed E-state index contributed by atoms with van der Waals surface area (Å²) in [5.41, 5.74) is 1.51. The number of nitrogens with zero attached hydrogens (tertiary/aromatic N) is 1. The molecule has 1 saturated heterocycles. The van der Waals surface area contributed by atoms with Gasteiger partial charge < -0.3 is 10.2 Å². The van der Waals surface area contributed by atoms with E-state index in [1.807, 2.05) is 0 Å². The molecule has 1 aliphatic carbocycles. The lowest BCUT2D eigenvalue weighted by Gasteiger charge is -2.36. The molecule has 2 fully saturated rings. The molecule has 2 heteroatoms. The zero-order valence-corrected chi connectivity index (χ0v) is 13.4. The topological polar surface area (TPSA) is 15.3 Å². The van der Waals surface area contributed by atoms with Gasteiger partial charge in [-0.1, -0.05) is 30.3 Å². The van der Waals surface area contributed by atoms with E-state index in [2.05, 4.69) is 47.5 Å². The predicted molar refractivity (Wildman–Crippen MR) is 89.5 cm³/mol. The van der Waals surface area contributed by atoms with Crippen LogP contribution in [0.2, 0.25) is 0 Å². The van der Waals surface area contributed by atoms with Crippen molar-refractivity contribution in [1.82, 2.24) is 10.2 Å². The van der Waals surface area contributed by atoms with Crippen LogP contribution in [-0.4, -0.2) is 36.6 Å². The van der Waals surface area contributed by atoms with Gasteiger partial charge in [0.2, 0.25) is 0 Å². The molecule has 3 rings (SSSR count). The van der Waals surface area contributed by atoms with Crippen molar-refractivity contribution in [2.24, 2.45) is 5.92 Å². The van der Waals surface area contributed by atoms with Gasteiger partial charge in [0.05, 0.1) is 0 Å². The van der Waals surface area contributed by atoms with Crippen LogP contribution in [0.25, 0.3) is 0 Å². The lowest BCUT2D eigenvalue weighted by Crippen LogP contribution is -2.41. The highest BCUT2D eigenvalue weighted by atomic mass is 15.2. The van der Waals surface area contributed by atoms with E-state index in [0.717, 1.165) is 18.0 Å². The minimum absolute atomic E-state index is 0.744. The summed E-state index contributed by atoms with van der Waals surface area (Å²) in [6.07, 6.45) is 8.12. The van der Waals surface area contributed by atoms with Crippen molar-refractivity contribution in [3.8, 4) is 0 Å². The molecule has 116 valence electrons. The third kappa shape index (κ3) is 4.82. The second-order valence-electron chi connectivity index (χ2n) is 7.04. The van der Waals surface area contributed by atoms with Crippen LogP contribution in [0, 0.1) is 5.92 Å². The van der Waals surface area contributed by atoms with E-state index >= 15 is 0 Å². The standard InChI is InChI=1S/C19H30N2/c1-16(9-12-20-19-7-8-19)21-13-10-18(11-14-21)15-17-5-3-2-4-6-17/h2-6,16,18-20H,7-15H2,1H3. The van der Waals surface area contributed by atoms with Gasteiger partial charge in [-0.25, -0.2) is 0 Å². The van der Waals surface area contributed by atoms with Crippen molar-refractivity contribution in [3.05, 3.63) is 35.9 Å². The summed E-state index contributed by atoms with van der Waals surface area (Å²) in [7, 11) is 0. The minimum atomic E-state index is 0.744. The van der Waals surface area contributed by atoms with Gasteiger partial charge >= 0.3 is 0 Å². The summed E-state index contributed by atoms with van der Waals surface area (Å²) >= 11 is 0. The van der Waals surface area contributed by atoms with Crippen LogP contribution in [0.1, 0.15) is 44.6 Å². The summed E-state index contributed by atoms with van der Waals surface area (Å²) in [6.45, 7) is 6.20. The van der Waals surface area contributed by atoms with Gasteiger partial charge in [-0.3, -0.25) is 0 Å². The number of likely N-dealkylation sites (tertiary alicyclic amines) is 1. The molecule has 0 aromatic heterocycles. The monoisotopic (exact) mass is 286 g/mol. The Morgan fingerprint density at radius 3 is 2.48 bits per heavy atom. The molecule has 2 aliphatic rings. The van der Waals surface area contributed by atoms with E-state index in [1.54, 1.807) is 0 Å². The van der Waals surface area contributed by atoms with Crippen LogP contribution in [0.3, 0.4) is 0 Å². The molecule has 0 bridgehead atoms. The third-order valence-electron chi connectivity index (χ3n) is 5.21. The smallest absolute Gasteiger partial charge is 0.00790 e. The molecule has 2 nitrogen and oxygen atoms in total. The Morgan fingerprint density at radius 1 is 1.10 bits per heavy atom. The molecular weight excluding hydrogens is 256 g/mol. The van der Waals surface area contributed by atoms with E-state index < -0.39 is 0 Å². The highest BCUT2D eigenvalue weighted by molar-refractivity contribution is 5.15. The largest absolute Gasteiger partial charge is 0.314 e. The molecule has 1 aromatic rings. The van der Waals surface area contributed by atoms with Crippen molar-refractivity contribution < 1.29 is 0 Å². The maximum absolute atomic E-state index is 3.64. The highest BCUT2D eigenvalue weighted by Gasteiger charge is 2.24. The fraction of sp³-hybridized carbons (Fsp3) is 0.684. The average Bonchev–Trinajstić information content (AvgIpc) is 3.33. The molecule has 0 spiro atoms. The van der Waals surface area contributed by atoms with E-state index in [1.165, 1.54) is 63.7 Å². The van der Waals surface area contributed by atoms with Crippen LogP contribution in [0.4, 0.5) is 0 Å². The molecule has 1 saturated carbocycles. The number of hydrogen-bond donors (Lipinski definition) is 1. The van der Waals surface area contributed by atoms with Crippen molar-refractivity contribution in [2.45, 2.75) is 57.5 Å². The first-order valence-corrected chi connectivity index (χ1v) is 8.82. The molecule has 1 heterocycles. The van der Waals surface area contributed by atoms with Crippen LogP contribution in [-0.2, 0) is 6.42 Å². The van der Waals surface area contributed by atoms with Gasteiger partial charge in [0.25, 0.3) is 0 Å². The SMILES string of the molecule is CC(CCNC1CC1)N1CCC(Cc2ccccc2)CC1. The fourth-order valence-corrected chi connectivity index (χ4v) is 3.51. The molecule has 0 amide bonds. The average molecular weight is 286 g/mol. The summed E-state index contributed by atoms with van der Waals surface area (Å²) in [5.74, 6) is 0.889. The molecule has 1 aromatic carbocycles. The fourth-order valence-electron chi connectivity index (χ4n) is 3.51. The normalized spacial score (nSPS) is 22.3. The maximum atomic E-state index is 3.64. The zero-order chi connectivity index (χ0) is 14.5. The number of benzene rings is 1. The lowest BCUT2D eigenvalue weighted by molar-refractivity contribution is 0.135. The number of piperidine rings is 1. The second-order valence-corrected chi connectivity index (χ2v) is 7.04. The van der Waals surface area contributed by atoms with Crippen LogP contribution < -0.4 is 5.32 Å². The van der Waals surface area contributed by atoms with Gasteiger partial charge in [0, 0.05) is 12.1 Å². The van der Waals surface area contributed by atoms with Crippen molar-refractivity contribution >= 4 is 0 Å². The molecule has 1 aliphatic heterocycles. The van der Waals surface area contributed by atoms with E-state index in [-0.39, 0.29) is 0 Å². The minimum Gasteiger partial charge on any atom is -0.314 e. The molecule has 1 atom stereocenters. The van der Waals surface area contributed by atoms with E-state index in [9.17, 15) is 0 Å². The Kier molecular flexibility index (Phi) is 5.32. The molecule has 21 heavy (non-hydrogen) atoms. The van der Waals surface area contributed by atoms with Crippen LogP contribution in [0.5, 0.6) is 0 Å². The number of rotatable bonds is 7. The summed E-state index contributed by atoms with van der Waals surface area (Å²) < 4.78 is 0. The summed E-state index contributed by atoms with van der Waals surface area (Å²) in [6, 6.07) is 12.6. The Bertz CT molecular complexity index is 405. The van der Waals surface area contributed by atoms with Crippen molar-refractivity contribution in [2.75, 3.05) is 19.6 Å². The number of nitrogens with one attached hydrogen (secondary N) is 1. The van der Waals surface area contributed by atoms with Gasteiger partial charge in [-0.05, 0) is 76.6 Å². The maximum Gasteiger partial charge on any atom is 0.00790 e. The van der Waals surface area contributed by atoms with Crippen molar-refractivity contribution in [1.29, 1.82) is 0 Å². The molecule has 1 unspecified atom stereocenters. The van der Waals surface area contributed by atoms with Crippen molar-refractivity contribution in [3.63, 3.8) is 0 Å². The van der Waals surface area contributed by atoms with Crippen LogP contribution in [0.15, 0.2) is 30.3 Å². The molecular formula is C19H30N2. The predicted octanol–water partition coefficient (Wildman–Crippen LogP) is 3.47. The summed E-state index contributed by atoms with van der Waals surface area (Å²) in [5, 5.41) is 3.64. The van der Waals surface area contributed by atoms with Gasteiger partial charge in [-0.2, -0.15) is 0 Å². The molecule has 1 N–H and O–H groups in total. The first kappa shape index (κ1) is 15.1. The van der Waals surface area contributed by atoms with E-state index in [0.29, 0.717) is 0 Å². The lowest BCUT2D eigenvalue weighted by atomic mass is 9.89. The van der Waals surface area contributed by atoms with E-state index in [4.69, 9.17) is 0 Å². The summed E-state index contributed by atoms with van der Waals surface area (Å²) in [4.78, 5) is 2.70. The quantitative estimate of drug-likeness (QED) is 0.825. The first-order valence-electron chi connectivity index (χ1n) is 8.82. The van der Waals surface area contributed by atoms with Gasteiger partial charge in [0.15, 0.2) is 0 Å². The Balaban J connectivity index is 1.35. The molecule has 0 radical (unpaired) electrons. The Morgan fingerprint density at radius 2 is 1.81 bits per heavy atom. The third-order valence-corrected chi connectivity index (χ3v) is 5.21. The second kappa shape index (κ2) is 7.42. The van der Waals surface area contributed by atoms with Gasteiger partial charge in [-0.15, -0.1) is 0 Å². The zero-order valence-electron chi connectivity index (χ0n) is 13.4. The highest BCUT2D eigenvalue weighted by Crippen LogP contribution is 2.24.